The van der Waals surface area contributed by atoms with Crippen LogP contribution >= 0.6 is 24.0 Å². The van der Waals surface area contributed by atoms with Crippen LogP contribution in [0.3, 0.4) is 0 Å². The summed E-state index contributed by atoms with van der Waals surface area (Å²) >= 11 is 5.89. The number of hydrogen-bond donors (Lipinski definition) is 2. The van der Waals surface area contributed by atoms with Crippen LogP contribution in [0, 0.1) is 0 Å². The summed E-state index contributed by atoms with van der Waals surface area (Å²) in [5, 5.41) is 5.82. The second kappa shape index (κ2) is 5.32. The summed E-state index contributed by atoms with van der Waals surface area (Å²) in [4.78, 5) is 9.72. The highest BCUT2D eigenvalue weighted by molar-refractivity contribution is 7.80. The minimum absolute atomic E-state index is 0.505. The Morgan fingerprint density at radius 3 is 3.06 bits per heavy atom. The average molecular weight is 251 g/mol. The molecule has 0 saturated heterocycles. The molecule has 0 unspecified atom stereocenters. The lowest BCUT2D eigenvalue weighted by atomic mass is 10.2. The monoisotopic (exact) mass is 251 g/mol. The van der Waals surface area contributed by atoms with Crippen LogP contribution in [0.15, 0.2) is 28.9 Å². The Morgan fingerprint density at radius 2 is 2.38 bits per heavy atom. The molecule has 2 rings (SSSR count). The van der Waals surface area contributed by atoms with E-state index in [1.165, 1.54) is 4.88 Å². The van der Waals surface area contributed by atoms with Gasteiger partial charge in [-0.1, -0.05) is 6.07 Å². The van der Waals surface area contributed by atoms with E-state index in [0.29, 0.717) is 5.16 Å². The first-order chi connectivity index (χ1) is 7.79. The molecular formula is C11H13N3S2. The van der Waals surface area contributed by atoms with Gasteiger partial charge in [0, 0.05) is 29.6 Å². The molecule has 2 heterocycles. The Kier molecular flexibility index (Phi) is 3.79. The third-order valence-corrected chi connectivity index (χ3v) is 3.23. The van der Waals surface area contributed by atoms with Gasteiger partial charge in [0.2, 0.25) is 0 Å². The number of nitrogens with one attached hydrogen (secondary N) is 1. The lowest BCUT2D eigenvalue weighted by Crippen LogP contribution is -2.05. The normalized spacial score (nSPS) is 10.4. The lowest BCUT2D eigenvalue weighted by molar-refractivity contribution is 0.936. The van der Waals surface area contributed by atoms with Crippen molar-refractivity contribution in [3.63, 3.8) is 0 Å². The molecule has 0 aromatic carbocycles. The summed E-state index contributed by atoms with van der Waals surface area (Å²) in [6.07, 6.45) is 2.71. The smallest absolute Gasteiger partial charge is 0.186 e. The molecule has 0 saturated carbocycles. The molecule has 2 aromatic heterocycles. The highest BCUT2D eigenvalue weighted by atomic mass is 32.1. The molecule has 84 valence electrons. The van der Waals surface area contributed by atoms with Gasteiger partial charge < -0.3 is 5.32 Å². The third-order valence-electron chi connectivity index (χ3n) is 2.14. The van der Waals surface area contributed by atoms with Gasteiger partial charge in [0.25, 0.3) is 0 Å². The van der Waals surface area contributed by atoms with Crippen molar-refractivity contribution in [3.8, 4) is 0 Å². The van der Waals surface area contributed by atoms with E-state index in [1.54, 1.807) is 11.3 Å². The predicted molar refractivity (Wildman–Crippen MR) is 70.6 cm³/mol. The maximum absolute atomic E-state index is 4.29. The van der Waals surface area contributed by atoms with E-state index in [4.69, 9.17) is 0 Å². The van der Waals surface area contributed by atoms with Crippen LogP contribution in [-0.4, -0.2) is 16.5 Å². The number of nitrogens with zero attached hydrogens (tertiary/aromatic N) is 2. The van der Waals surface area contributed by atoms with E-state index < -0.39 is 0 Å². The van der Waals surface area contributed by atoms with Crippen molar-refractivity contribution in [2.24, 2.45) is 0 Å². The Morgan fingerprint density at radius 1 is 1.50 bits per heavy atom. The van der Waals surface area contributed by atoms with Gasteiger partial charge in [-0.3, -0.25) is 0 Å². The van der Waals surface area contributed by atoms with E-state index in [9.17, 15) is 0 Å². The number of hydrogen-bond acceptors (Lipinski definition) is 5. The van der Waals surface area contributed by atoms with E-state index in [-0.39, 0.29) is 0 Å². The maximum Gasteiger partial charge on any atom is 0.186 e. The Labute approximate surface area is 104 Å². The summed E-state index contributed by atoms with van der Waals surface area (Å²) in [6.45, 7) is 2.90. The largest absolute Gasteiger partial charge is 0.370 e. The van der Waals surface area contributed by atoms with Crippen molar-refractivity contribution in [1.82, 2.24) is 9.97 Å². The van der Waals surface area contributed by atoms with Gasteiger partial charge in [0.1, 0.15) is 5.82 Å². The summed E-state index contributed by atoms with van der Waals surface area (Å²) in [5.41, 5.74) is 1.11. The van der Waals surface area contributed by atoms with Gasteiger partial charge >= 0.3 is 0 Å². The zero-order valence-electron chi connectivity index (χ0n) is 8.97. The minimum Gasteiger partial charge on any atom is -0.370 e. The summed E-state index contributed by atoms with van der Waals surface area (Å²) in [5.74, 6) is 0.885. The van der Waals surface area contributed by atoms with Gasteiger partial charge in [-0.05, 0) is 18.4 Å². The van der Waals surface area contributed by atoms with Gasteiger partial charge in [0.15, 0.2) is 5.16 Å². The standard InChI is InChI=1S/C11H13N3S2/c1-2-12-10-8(7-13-11(15)14-10)6-9-4-3-5-16-9/h3-5,7H,2,6H2,1H3,(H2,12,13,14,15). The molecule has 0 spiro atoms. The Bertz CT molecular complexity index is 454. The SMILES string of the molecule is CCNc1nc(S)ncc1Cc1cccs1. The third kappa shape index (κ3) is 2.74. The summed E-state index contributed by atoms with van der Waals surface area (Å²) in [7, 11) is 0. The number of thiophene rings is 1. The highest BCUT2D eigenvalue weighted by Gasteiger charge is 2.06. The minimum atomic E-state index is 0.505. The van der Waals surface area contributed by atoms with Crippen molar-refractivity contribution >= 4 is 29.8 Å². The molecule has 16 heavy (non-hydrogen) atoms. The van der Waals surface area contributed by atoms with Crippen LogP contribution in [0.4, 0.5) is 5.82 Å². The fraction of sp³-hybridized carbons (Fsp3) is 0.273. The van der Waals surface area contributed by atoms with E-state index in [2.05, 4.69) is 52.4 Å². The fourth-order valence-electron chi connectivity index (χ4n) is 1.45. The van der Waals surface area contributed by atoms with Crippen molar-refractivity contribution in [1.29, 1.82) is 0 Å². The molecule has 0 fully saturated rings. The van der Waals surface area contributed by atoms with Crippen molar-refractivity contribution in [2.45, 2.75) is 18.5 Å². The quantitative estimate of drug-likeness (QED) is 0.648. The number of anilines is 1. The molecular weight excluding hydrogens is 238 g/mol. The van der Waals surface area contributed by atoms with Gasteiger partial charge in [-0.2, -0.15) is 0 Å². The number of aromatic nitrogens is 2. The first-order valence-electron chi connectivity index (χ1n) is 5.10. The van der Waals surface area contributed by atoms with Gasteiger partial charge in [0.05, 0.1) is 0 Å². The van der Waals surface area contributed by atoms with Crippen molar-refractivity contribution in [2.75, 3.05) is 11.9 Å². The van der Waals surface area contributed by atoms with Crippen molar-refractivity contribution in [3.05, 3.63) is 34.2 Å². The average Bonchev–Trinajstić information content (AvgIpc) is 2.75. The Balaban J connectivity index is 2.25. The zero-order valence-corrected chi connectivity index (χ0v) is 10.7. The molecule has 0 radical (unpaired) electrons. The summed E-state index contributed by atoms with van der Waals surface area (Å²) in [6, 6.07) is 4.18. The fourth-order valence-corrected chi connectivity index (χ4v) is 2.33. The van der Waals surface area contributed by atoms with Gasteiger partial charge in [-0.15, -0.1) is 24.0 Å². The number of thiol groups is 1. The molecule has 0 amide bonds. The molecule has 0 bridgehead atoms. The maximum atomic E-state index is 4.29. The van der Waals surface area contributed by atoms with Crippen LogP contribution in [0.5, 0.6) is 0 Å². The second-order valence-corrected chi connectivity index (χ2v) is 4.76. The molecule has 2 aromatic rings. The molecule has 5 heteroatoms. The van der Waals surface area contributed by atoms with Crippen LogP contribution < -0.4 is 5.32 Å². The summed E-state index contributed by atoms with van der Waals surface area (Å²) < 4.78 is 0. The molecule has 0 atom stereocenters. The van der Waals surface area contributed by atoms with E-state index in [0.717, 1.165) is 24.3 Å². The van der Waals surface area contributed by atoms with Gasteiger partial charge in [-0.25, -0.2) is 9.97 Å². The zero-order chi connectivity index (χ0) is 11.4. The first kappa shape index (κ1) is 11.4. The molecule has 3 nitrogen and oxygen atoms in total. The van der Waals surface area contributed by atoms with Crippen LogP contribution in [-0.2, 0) is 6.42 Å². The number of rotatable bonds is 4. The van der Waals surface area contributed by atoms with Crippen LogP contribution in [0.1, 0.15) is 17.4 Å². The van der Waals surface area contributed by atoms with Crippen molar-refractivity contribution < 1.29 is 0 Å². The lowest BCUT2D eigenvalue weighted by Gasteiger charge is -2.08. The van der Waals surface area contributed by atoms with Crippen LogP contribution in [0.2, 0.25) is 0 Å². The second-order valence-electron chi connectivity index (χ2n) is 3.33. The topological polar surface area (TPSA) is 37.8 Å². The molecule has 0 aliphatic rings. The molecule has 1 N–H and O–H groups in total. The van der Waals surface area contributed by atoms with Crippen LogP contribution in [0.25, 0.3) is 0 Å². The highest BCUT2D eigenvalue weighted by Crippen LogP contribution is 2.20. The molecule has 0 aliphatic carbocycles. The van der Waals surface area contributed by atoms with E-state index >= 15 is 0 Å². The first-order valence-corrected chi connectivity index (χ1v) is 6.43. The predicted octanol–water partition coefficient (Wildman–Crippen LogP) is 2.85. The molecule has 0 aliphatic heterocycles. The van der Waals surface area contributed by atoms with E-state index in [1.807, 2.05) is 6.20 Å². The Hall–Kier alpha value is -1.07.